The molecule has 2 heterocycles. The Labute approximate surface area is 144 Å². The molecule has 3 rings (SSSR count). The molecule has 0 bridgehead atoms. The molecule has 2 amide bonds. The number of imide groups is 1. The van der Waals surface area contributed by atoms with Crippen LogP contribution in [0.3, 0.4) is 0 Å². The zero-order chi connectivity index (χ0) is 16.6. The van der Waals surface area contributed by atoms with Crippen molar-refractivity contribution in [2.24, 2.45) is 0 Å². The van der Waals surface area contributed by atoms with Crippen molar-refractivity contribution >= 4 is 46.3 Å². The summed E-state index contributed by atoms with van der Waals surface area (Å²) in [6.07, 6.45) is 2.84. The van der Waals surface area contributed by atoms with E-state index in [9.17, 15) is 9.59 Å². The highest BCUT2D eigenvalue weighted by Crippen LogP contribution is 2.33. The molecule has 0 saturated carbocycles. The molecule has 0 aliphatic carbocycles. The number of thioether (sulfide) groups is 1. The number of nitrogens with one attached hydrogen (secondary N) is 1. The molecule has 0 radical (unpaired) electrons. The number of rotatable bonds is 3. The van der Waals surface area contributed by atoms with Crippen molar-refractivity contribution in [3.63, 3.8) is 0 Å². The largest absolute Gasteiger partial charge is 0.369 e. The molecule has 5 nitrogen and oxygen atoms in total. The first-order valence-electron chi connectivity index (χ1n) is 7.40. The number of benzene rings is 1. The zero-order valence-electron chi connectivity index (χ0n) is 13.0. The molecular weight excluding hydrogens is 334 g/mol. The highest BCUT2D eigenvalue weighted by atomic mass is 35.5. The molecule has 0 spiro atoms. The summed E-state index contributed by atoms with van der Waals surface area (Å²) < 4.78 is 0. The standard InChI is InChI=1S/C16H18ClN3O2S/c1-19(2)12-5-6-20(9-12)13-4-3-11(17)7-10(13)8-14-15(21)18-16(22)23-14/h3-4,7-8,12H,5-6,9H2,1-2H3,(H,18,21,22). The predicted octanol–water partition coefficient (Wildman–Crippen LogP) is 2.80. The van der Waals surface area contributed by atoms with E-state index in [0.29, 0.717) is 16.0 Å². The van der Waals surface area contributed by atoms with Gasteiger partial charge in [0.25, 0.3) is 11.1 Å². The number of carbonyl (C=O) groups excluding carboxylic acids is 2. The van der Waals surface area contributed by atoms with E-state index in [0.717, 1.165) is 42.5 Å². The smallest absolute Gasteiger partial charge is 0.290 e. The Morgan fingerprint density at radius 3 is 2.78 bits per heavy atom. The van der Waals surface area contributed by atoms with Gasteiger partial charge in [0.15, 0.2) is 0 Å². The lowest BCUT2D eigenvalue weighted by Crippen LogP contribution is -2.31. The van der Waals surface area contributed by atoms with Crippen LogP contribution in [-0.4, -0.2) is 49.3 Å². The van der Waals surface area contributed by atoms with E-state index >= 15 is 0 Å². The van der Waals surface area contributed by atoms with Gasteiger partial charge >= 0.3 is 0 Å². The van der Waals surface area contributed by atoms with Crippen LogP contribution in [0.5, 0.6) is 0 Å². The maximum atomic E-state index is 11.8. The van der Waals surface area contributed by atoms with Crippen molar-refractivity contribution in [2.45, 2.75) is 12.5 Å². The highest BCUT2D eigenvalue weighted by molar-refractivity contribution is 8.18. The molecule has 2 fully saturated rings. The third-order valence-electron chi connectivity index (χ3n) is 4.15. The molecule has 2 saturated heterocycles. The highest BCUT2D eigenvalue weighted by Gasteiger charge is 2.28. The van der Waals surface area contributed by atoms with Gasteiger partial charge in [-0.2, -0.15) is 0 Å². The van der Waals surface area contributed by atoms with Crippen LogP contribution < -0.4 is 10.2 Å². The summed E-state index contributed by atoms with van der Waals surface area (Å²) in [7, 11) is 4.17. The number of hydrogen-bond donors (Lipinski definition) is 1. The van der Waals surface area contributed by atoms with Gasteiger partial charge in [0.2, 0.25) is 0 Å². The second kappa shape index (κ2) is 6.55. The molecule has 1 aromatic carbocycles. The lowest BCUT2D eigenvalue weighted by atomic mass is 10.1. The fraction of sp³-hybridized carbons (Fsp3) is 0.375. The molecule has 2 aliphatic heterocycles. The van der Waals surface area contributed by atoms with Crippen molar-refractivity contribution in [2.75, 3.05) is 32.1 Å². The average molecular weight is 352 g/mol. The van der Waals surface area contributed by atoms with E-state index < -0.39 is 0 Å². The van der Waals surface area contributed by atoms with Gasteiger partial charge in [-0.3, -0.25) is 14.9 Å². The van der Waals surface area contributed by atoms with Gasteiger partial charge < -0.3 is 9.80 Å². The van der Waals surface area contributed by atoms with E-state index in [-0.39, 0.29) is 11.1 Å². The van der Waals surface area contributed by atoms with Crippen LogP contribution in [0.4, 0.5) is 10.5 Å². The molecule has 1 aromatic rings. The van der Waals surface area contributed by atoms with Gasteiger partial charge in [-0.1, -0.05) is 11.6 Å². The van der Waals surface area contributed by atoms with Gasteiger partial charge in [-0.25, -0.2) is 0 Å². The van der Waals surface area contributed by atoms with Gasteiger partial charge in [0.05, 0.1) is 4.91 Å². The average Bonchev–Trinajstić information content (AvgIpc) is 3.07. The van der Waals surface area contributed by atoms with Crippen molar-refractivity contribution in [3.8, 4) is 0 Å². The molecule has 122 valence electrons. The fourth-order valence-electron chi connectivity index (χ4n) is 2.87. The lowest BCUT2D eigenvalue weighted by molar-refractivity contribution is -0.115. The van der Waals surface area contributed by atoms with Crippen molar-refractivity contribution in [3.05, 3.63) is 33.7 Å². The van der Waals surface area contributed by atoms with E-state index in [4.69, 9.17) is 11.6 Å². The number of likely N-dealkylation sites (N-methyl/N-ethyl adjacent to an activating group) is 1. The summed E-state index contributed by atoms with van der Waals surface area (Å²) in [6.45, 7) is 1.89. The summed E-state index contributed by atoms with van der Waals surface area (Å²) in [5, 5.41) is 2.55. The Bertz CT molecular complexity index is 690. The second-order valence-electron chi connectivity index (χ2n) is 5.91. The fourth-order valence-corrected chi connectivity index (χ4v) is 3.73. The van der Waals surface area contributed by atoms with Crippen LogP contribution in [0.25, 0.3) is 6.08 Å². The Balaban J connectivity index is 1.92. The first-order chi connectivity index (χ1) is 10.9. The minimum Gasteiger partial charge on any atom is -0.369 e. The summed E-state index contributed by atoms with van der Waals surface area (Å²) in [5.74, 6) is -0.349. The summed E-state index contributed by atoms with van der Waals surface area (Å²) in [4.78, 5) is 28.0. The zero-order valence-corrected chi connectivity index (χ0v) is 14.6. The summed E-state index contributed by atoms with van der Waals surface area (Å²) in [6, 6.07) is 6.18. The third kappa shape index (κ3) is 3.54. The Morgan fingerprint density at radius 1 is 1.39 bits per heavy atom. The first-order valence-corrected chi connectivity index (χ1v) is 8.59. The molecule has 0 aromatic heterocycles. The molecule has 1 N–H and O–H groups in total. The molecule has 7 heteroatoms. The topological polar surface area (TPSA) is 52.6 Å². The monoisotopic (exact) mass is 351 g/mol. The van der Waals surface area contributed by atoms with Crippen LogP contribution >= 0.6 is 23.4 Å². The van der Waals surface area contributed by atoms with Crippen molar-refractivity contribution in [1.29, 1.82) is 0 Å². The Morgan fingerprint density at radius 2 is 2.17 bits per heavy atom. The van der Waals surface area contributed by atoms with E-state index in [1.807, 2.05) is 18.2 Å². The van der Waals surface area contributed by atoms with E-state index in [1.165, 1.54) is 0 Å². The van der Waals surface area contributed by atoms with Gasteiger partial charge in [0.1, 0.15) is 0 Å². The molecular formula is C16H18ClN3O2S. The lowest BCUT2D eigenvalue weighted by Gasteiger charge is -2.23. The number of halogens is 1. The van der Waals surface area contributed by atoms with Crippen LogP contribution in [-0.2, 0) is 4.79 Å². The SMILES string of the molecule is CN(C)C1CCN(c2ccc(Cl)cc2C=C2SC(=O)NC2=O)C1. The van der Waals surface area contributed by atoms with E-state index in [2.05, 4.69) is 29.2 Å². The quantitative estimate of drug-likeness (QED) is 0.849. The number of carbonyl (C=O) groups is 2. The Kier molecular flexibility index (Phi) is 4.66. The molecule has 2 aliphatic rings. The number of amides is 2. The van der Waals surface area contributed by atoms with Crippen LogP contribution in [0, 0.1) is 0 Å². The van der Waals surface area contributed by atoms with Crippen molar-refractivity contribution < 1.29 is 9.59 Å². The first kappa shape index (κ1) is 16.4. The molecule has 23 heavy (non-hydrogen) atoms. The van der Waals surface area contributed by atoms with Gasteiger partial charge in [-0.05, 0) is 56.6 Å². The van der Waals surface area contributed by atoms with Crippen LogP contribution in [0.15, 0.2) is 23.1 Å². The van der Waals surface area contributed by atoms with E-state index in [1.54, 1.807) is 6.08 Å². The maximum absolute atomic E-state index is 11.8. The predicted molar refractivity (Wildman–Crippen MR) is 94.9 cm³/mol. The molecule has 1 atom stereocenters. The summed E-state index contributed by atoms with van der Waals surface area (Å²) >= 11 is 7.05. The number of nitrogens with zero attached hydrogens (tertiary/aromatic N) is 2. The van der Waals surface area contributed by atoms with Gasteiger partial charge in [0, 0.05) is 35.4 Å². The minimum absolute atomic E-state index is 0.335. The summed E-state index contributed by atoms with van der Waals surface area (Å²) in [5.41, 5.74) is 1.91. The van der Waals surface area contributed by atoms with Crippen LogP contribution in [0.1, 0.15) is 12.0 Å². The van der Waals surface area contributed by atoms with Crippen molar-refractivity contribution in [1.82, 2.24) is 10.2 Å². The third-order valence-corrected chi connectivity index (χ3v) is 5.20. The van der Waals surface area contributed by atoms with Gasteiger partial charge in [-0.15, -0.1) is 0 Å². The van der Waals surface area contributed by atoms with Crippen LogP contribution in [0.2, 0.25) is 5.02 Å². The number of anilines is 1. The Hall–Kier alpha value is -1.50. The normalized spacial score (nSPS) is 23.2. The second-order valence-corrected chi connectivity index (χ2v) is 7.36. The maximum Gasteiger partial charge on any atom is 0.290 e. The molecule has 1 unspecified atom stereocenters. The number of hydrogen-bond acceptors (Lipinski definition) is 5. The minimum atomic E-state index is -0.349.